The second kappa shape index (κ2) is 3.86. The number of carbonyl (C=O) groups excluding carboxylic acids is 1. The van der Waals surface area contributed by atoms with Crippen LogP contribution in [-0.4, -0.2) is 30.7 Å². The first-order valence-electron chi connectivity index (χ1n) is 6.10. The number of hydrogen-bond donors (Lipinski definition) is 2. The number of carbonyl (C=O) groups is 1. The van der Waals surface area contributed by atoms with Crippen LogP contribution in [-0.2, 0) is 9.53 Å². The van der Waals surface area contributed by atoms with E-state index in [1.54, 1.807) is 0 Å². The second-order valence-electron chi connectivity index (χ2n) is 5.04. The van der Waals surface area contributed by atoms with Gasteiger partial charge in [-0.2, -0.15) is 0 Å². The van der Waals surface area contributed by atoms with Gasteiger partial charge in [-0.05, 0) is 19.3 Å². The first-order chi connectivity index (χ1) is 7.77. The van der Waals surface area contributed by atoms with Gasteiger partial charge >= 0.3 is 0 Å². The van der Waals surface area contributed by atoms with E-state index in [0.29, 0.717) is 5.92 Å². The van der Waals surface area contributed by atoms with Crippen LogP contribution in [0.25, 0.3) is 0 Å². The number of rotatable bonds is 2. The van der Waals surface area contributed by atoms with Crippen LogP contribution >= 0.6 is 0 Å². The molecule has 1 aliphatic heterocycles. The van der Waals surface area contributed by atoms with Crippen molar-refractivity contribution in [3.63, 3.8) is 0 Å². The normalized spacial score (nSPS) is 41.8. The van der Waals surface area contributed by atoms with E-state index in [1.807, 2.05) is 0 Å². The summed E-state index contributed by atoms with van der Waals surface area (Å²) in [6.45, 7) is 0.792. The lowest BCUT2D eigenvalue weighted by Crippen LogP contribution is -2.69. The fourth-order valence-corrected chi connectivity index (χ4v) is 3.04. The van der Waals surface area contributed by atoms with Gasteiger partial charge in [0.05, 0.1) is 12.1 Å². The zero-order valence-corrected chi connectivity index (χ0v) is 9.26. The summed E-state index contributed by atoms with van der Waals surface area (Å²) in [5.74, 6) is 0.721. The number of allylic oxidation sites excluding steroid dienone is 2. The summed E-state index contributed by atoms with van der Waals surface area (Å²) in [7, 11) is 0. The van der Waals surface area contributed by atoms with E-state index in [4.69, 9.17) is 10.5 Å². The maximum absolute atomic E-state index is 11.9. The predicted molar refractivity (Wildman–Crippen MR) is 59.6 cm³/mol. The average molecular weight is 222 g/mol. The standard InChI is InChI=1S/C12H18N2O2/c13-9-8-5-6-16-11(8)10(9)14-12(15)7-3-1-2-4-7/h1-2,7-11H,3-6,13H2,(H,14,15). The number of fused-ring (bicyclic) bond motifs is 1. The number of nitrogens with one attached hydrogen (secondary N) is 1. The zero-order chi connectivity index (χ0) is 11.1. The van der Waals surface area contributed by atoms with Crippen molar-refractivity contribution in [2.24, 2.45) is 17.6 Å². The maximum Gasteiger partial charge on any atom is 0.224 e. The summed E-state index contributed by atoms with van der Waals surface area (Å²) in [5, 5.41) is 3.05. The molecule has 0 aromatic heterocycles. The lowest BCUT2D eigenvalue weighted by molar-refractivity contribution is -0.129. The average Bonchev–Trinajstić information content (AvgIpc) is 2.94. The molecular weight excluding hydrogens is 204 g/mol. The lowest BCUT2D eigenvalue weighted by Gasteiger charge is -2.45. The third kappa shape index (κ3) is 1.48. The Morgan fingerprint density at radius 1 is 1.38 bits per heavy atom. The van der Waals surface area contributed by atoms with Crippen LogP contribution < -0.4 is 11.1 Å². The molecule has 0 bridgehead atoms. The molecular formula is C12H18N2O2. The lowest BCUT2D eigenvalue weighted by atomic mass is 9.72. The molecule has 2 fully saturated rings. The molecule has 0 aromatic carbocycles. The highest BCUT2D eigenvalue weighted by Gasteiger charge is 2.52. The second-order valence-corrected chi connectivity index (χ2v) is 5.04. The molecule has 3 rings (SSSR count). The van der Waals surface area contributed by atoms with Crippen molar-refractivity contribution in [2.45, 2.75) is 37.5 Å². The Morgan fingerprint density at radius 2 is 2.12 bits per heavy atom. The largest absolute Gasteiger partial charge is 0.376 e. The van der Waals surface area contributed by atoms with Crippen LogP contribution in [0.3, 0.4) is 0 Å². The molecule has 1 saturated heterocycles. The van der Waals surface area contributed by atoms with Crippen LogP contribution in [0, 0.1) is 11.8 Å². The van der Waals surface area contributed by atoms with Gasteiger partial charge in [-0.3, -0.25) is 4.79 Å². The van der Waals surface area contributed by atoms with Gasteiger partial charge in [0.1, 0.15) is 0 Å². The van der Waals surface area contributed by atoms with Gasteiger partial charge in [-0.15, -0.1) is 0 Å². The third-order valence-corrected chi connectivity index (χ3v) is 4.13. The van der Waals surface area contributed by atoms with Gasteiger partial charge in [0.25, 0.3) is 0 Å². The van der Waals surface area contributed by atoms with Crippen LogP contribution in [0.1, 0.15) is 19.3 Å². The van der Waals surface area contributed by atoms with Crippen molar-refractivity contribution in [3.05, 3.63) is 12.2 Å². The Morgan fingerprint density at radius 3 is 2.88 bits per heavy atom. The molecule has 4 unspecified atom stereocenters. The molecule has 16 heavy (non-hydrogen) atoms. The Hall–Kier alpha value is -0.870. The smallest absolute Gasteiger partial charge is 0.224 e. The summed E-state index contributed by atoms with van der Waals surface area (Å²) >= 11 is 0. The molecule has 1 heterocycles. The van der Waals surface area contributed by atoms with Gasteiger partial charge in [0.15, 0.2) is 0 Å². The van der Waals surface area contributed by atoms with Crippen LogP contribution in [0.4, 0.5) is 0 Å². The van der Waals surface area contributed by atoms with Crippen LogP contribution in [0.2, 0.25) is 0 Å². The van der Waals surface area contributed by atoms with Crippen molar-refractivity contribution in [1.82, 2.24) is 5.32 Å². The van der Waals surface area contributed by atoms with Gasteiger partial charge in [0, 0.05) is 24.5 Å². The molecule has 0 aromatic rings. The molecule has 88 valence electrons. The van der Waals surface area contributed by atoms with Crippen molar-refractivity contribution in [1.29, 1.82) is 0 Å². The summed E-state index contributed by atoms with van der Waals surface area (Å²) < 4.78 is 5.59. The molecule has 3 N–H and O–H groups in total. The van der Waals surface area contributed by atoms with Crippen LogP contribution in [0.15, 0.2) is 12.2 Å². The van der Waals surface area contributed by atoms with E-state index in [-0.39, 0.29) is 30.0 Å². The van der Waals surface area contributed by atoms with Crippen molar-refractivity contribution >= 4 is 5.91 Å². The topological polar surface area (TPSA) is 64.3 Å². The SMILES string of the molecule is NC1C2CCOC2C1NC(=O)C1CC=CC1. The fourth-order valence-electron chi connectivity index (χ4n) is 3.04. The summed E-state index contributed by atoms with van der Waals surface area (Å²) in [4.78, 5) is 11.9. The molecule has 0 spiro atoms. The Labute approximate surface area is 95.2 Å². The van der Waals surface area contributed by atoms with E-state index in [2.05, 4.69) is 17.5 Å². The number of ether oxygens (including phenoxy) is 1. The first-order valence-corrected chi connectivity index (χ1v) is 6.10. The number of nitrogens with two attached hydrogens (primary N) is 1. The van der Waals surface area contributed by atoms with E-state index in [1.165, 1.54) is 0 Å². The molecule has 4 nitrogen and oxygen atoms in total. The first kappa shape index (κ1) is 10.3. The molecule has 1 amide bonds. The Kier molecular flexibility index (Phi) is 2.48. The number of amides is 1. The van der Waals surface area contributed by atoms with Crippen molar-refractivity contribution in [2.75, 3.05) is 6.61 Å². The Balaban J connectivity index is 1.56. The summed E-state index contributed by atoms with van der Waals surface area (Å²) in [6.07, 6.45) is 7.09. The van der Waals surface area contributed by atoms with Crippen LogP contribution in [0.5, 0.6) is 0 Å². The predicted octanol–water partition coefficient (Wildman–Crippen LogP) is 0.183. The maximum atomic E-state index is 11.9. The van der Waals surface area contributed by atoms with E-state index in [9.17, 15) is 4.79 Å². The van der Waals surface area contributed by atoms with Gasteiger partial charge in [-0.25, -0.2) is 0 Å². The highest BCUT2D eigenvalue weighted by atomic mass is 16.5. The molecule has 3 aliphatic rings. The quantitative estimate of drug-likeness (QED) is 0.655. The third-order valence-electron chi connectivity index (χ3n) is 4.13. The highest BCUT2D eigenvalue weighted by molar-refractivity contribution is 5.80. The monoisotopic (exact) mass is 222 g/mol. The van der Waals surface area contributed by atoms with Gasteiger partial charge < -0.3 is 15.8 Å². The molecule has 4 atom stereocenters. The van der Waals surface area contributed by atoms with E-state index < -0.39 is 0 Å². The van der Waals surface area contributed by atoms with E-state index in [0.717, 1.165) is 25.9 Å². The van der Waals surface area contributed by atoms with E-state index >= 15 is 0 Å². The molecule has 2 aliphatic carbocycles. The Bertz CT molecular complexity index is 321. The number of hydrogen-bond acceptors (Lipinski definition) is 3. The van der Waals surface area contributed by atoms with Gasteiger partial charge in [0.2, 0.25) is 5.91 Å². The minimum absolute atomic E-state index is 0.0422. The summed E-state index contributed by atoms with van der Waals surface area (Å²) in [5.41, 5.74) is 6.04. The van der Waals surface area contributed by atoms with Crippen molar-refractivity contribution in [3.8, 4) is 0 Å². The highest BCUT2D eigenvalue weighted by Crippen LogP contribution is 2.38. The minimum Gasteiger partial charge on any atom is -0.376 e. The van der Waals surface area contributed by atoms with Crippen molar-refractivity contribution < 1.29 is 9.53 Å². The van der Waals surface area contributed by atoms with Gasteiger partial charge in [-0.1, -0.05) is 12.2 Å². The molecule has 1 saturated carbocycles. The minimum atomic E-state index is 0.0422. The zero-order valence-electron chi connectivity index (χ0n) is 9.26. The summed E-state index contributed by atoms with van der Waals surface area (Å²) in [6, 6.07) is 0.131. The molecule has 0 radical (unpaired) electrons. The molecule has 4 heteroatoms. The fraction of sp³-hybridized carbons (Fsp3) is 0.750.